The Morgan fingerprint density at radius 1 is 1.26 bits per heavy atom. The summed E-state index contributed by atoms with van der Waals surface area (Å²) in [6.45, 7) is 7.57. The van der Waals surface area contributed by atoms with E-state index in [4.69, 9.17) is 5.73 Å². The van der Waals surface area contributed by atoms with Gasteiger partial charge in [-0.15, -0.1) is 0 Å². The van der Waals surface area contributed by atoms with E-state index in [2.05, 4.69) is 26.9 Å². The first-order valence-electron chi connectivity index (χ1n) is 9.78. The van der Waals surface area contributed by atoms with Gasteiger partial charge in [-0.3, -0.25) is 14.8 Å². The number of halogens is 1. The minimum atomic E-state index is -0.377. The summed E-state index contributed by atoms with van der Waals surface area (Å²) < 4.78 is 13.5. The van der Waals surface area contributed by atoms with Crippen molar-refractivity contribution >= 4 is 22.5 Å². The van der Waals surface area contributed by atoms with Gasteiger partial charge < -0.3 is 11.1 Å². The number of aromatic nitrogens is 2. The molecule has 0 spiro atoms. The van der Waals surface area contributed by atoms with Gasteiger partial charge in [0.1, 0.15) is 11.6 Å². The molecule has 0 fully saturated rings. The summed E-state index contributed by atoms with van der Waals surface area (Å²) in [6.07, 6.45) is 5.19. The molecule has 1 amide bonds. The van der Waals surface area contributed by atoms with E-state index in [0.717, 1.165) is 27.7 Å². The van der Waals surface area contributed by atoms with Crippen LogP contribution in [0.5, 0.6) is 0 Å². The summed E-state index contributed by atoms with van der Waals surface area (Å²) in [5, 5.41) is 3.61. The topological polar surface area (TPSA) is 93.3 Å². The summed E-state index contributed by atoms with van der Waals surface area (Å²) in [5.74, 6) is -0.376. The van der Waals surface area contributed by atoms with Gasteiger partial charge >= 0.3 is 0 Å². The minimum Gasteiger partial charge on any atom is -0.384 e. The second-order valence-electron chi connectivity index (χ2n) is 7.08. The number of rotatable bonds is 7. The zero-order chi connectivity index (χ0) is 22.4. The summed E-state index contributed by atoms with van der Waals surface area (Å²) >= 11 is 0. The fourth-order valence-electron chi connectivity index (χ4n) is 3.19. The Hall–Kier alpha value is -3.87. The molecule has 7 heteroatoms. The van der Waals surface area contributed by atoms with E-state index in [0.29, 0.717) is 24.2 Å². The molecule has 6 nitrogen and oxygen atoms in total. The first-order chi connectivity index (χ1) is 14.9. The first-order valence-corrected chi connectivity index (χ1v) is 9.78. The van der Waals surface area contributed by atoms with Crippen LogP contribution in [-0.4, -0.2) is 28.1 Å². The van der Waals surface area contributed by atoms with Crippen LogP contribution in [0.15, 0.2) is 77.8 Å². The van der Waals surface area contributed by atoms with Crippen molar-refractivity contribution in [3.63, 3.8) is 0 Å². The van der Waals surface area contributed by atoms with E-state index in [1.54, 1.807) is 18.3 Å². The number of nitrogens with zero attached hydrogens (tertiary/aromatic N) is 3. The molecule has 0 atom stereocenters. The number of hydrogen-bond acceptors (Lipinski definition) is 5. The summed E-state index contributed by atoms with van der Waals surface area (Å²) in [5.41, 5.74) is 10.0. The molecular weight excluding hydrogens is 393 g/mol. The van der Waals surface area contributed by atoms with Gasteiger partial charge in [-0.05, 0) is 55.3 Å². The molecule has 0 radical (unpaired) electrons. The highest BCUT2D eigenvalue weighted by Crippen LogP contribution is 2.17. The van der Waals surface area contributed by atoms with Gasteiger partial charge in [0, 0.05) is 41.5 Å². The normalized spacial score (nSPS) is 12.1. The molecule has 0 unspecified atom stereocenters. The molecule has 0 aliphatic carbocycles. The van der Waals surface area contributed by atoms with Crippen molar-refractivity contribution in [3.05, 3.63) is 95.5 Å². The molecule has 0 aliphatic heterocycles. The number of carbonyl (C=O) groups excluding carboxylic acids is 1. The van der Waals surface area contributed by atoms with Gasteiger partial charge in [-0.25, -0.2) is 9.38 Å². The predicted molar refractivity (Wildman–Crippen MR) is 121 cm³/mol. The number of allylic oxidation sites excluding steroid dienone is 1. The number of amides is 1. The van der Waals surface area contributed by atoms with Crippen LogP contribution in [0, 0.1) is 5.82 Å². The van der Waals surface area contributed by atoms with E-state index < -0.39 is 0 Å². The van der Waals surface area contributed by atoms with Crippen molar-refractivity contribution in [1.82, 2.24) is 15.3 Å². The van der Waals surface area contributed by atoms with Gasteiger partial charge in [0.2, 0.25) is 0 Å². The standard InChI is InChI=1S/C24H24FN5O/c1-4-18(15(2)30-16(3)26)13-29-24(31)19-7-8-27-22(12-19)10-17-5-6-23-20(9-17)11-21(25)14-28-23/h4-9,11-12,14H,3,10,13,26H2,1-2H3,(H,29,31)/b18-4-,30-15-. The highest BCUT2D eigenvalue weighted by molar-refractivity contribution is 6.00. The number of fused-ring (bicyclic) bond motifs is 1. The van der Waals surface area contributed by atoms with E-state index in [-0.39, 0.29) is 17.5 Å². The van der Waals surface area contributed by atoms with E-state index in [1.165, 1.54) is 12.3 Å². The van der Waals surface area contributed by atoms with Crippen LogP contribution in [0.4, 0.5) is 4.39 Å². The molecule has 2 aromatic heterocycles. The third-order valence-electron chi connectivity index (χ3n) is 4.74. The SMILES string of the molecule is C=C(N)/N=C(C)\C(=C/C)CNC(=O)c1ccnc(Cc2ccc3ncc(F)cc3c2)c1. The number of benzene rings is 1. The van der Waals surface area contributed by atoms with Crippen LogP contribution < -0.4 is 11.1 Å². The van der Waals surface area contributed by atoms with E-state index in [1.807, 2.05) is 38.1 Å². The van der Waals surface area contributed by atoms with Gasteiger partial charge in [0.05, 0.1) is 11.7 Å². The third kappa shape index (κ3) is 5.82. The molecule has 0 aliphatic rings. The lowest BCUT2D eigenvalue weighted by atomic mass is 10.0. The molecule has 0 saturated heterocycles. The highest BCUT2D eigenvalue weighted by atomic mass is 19.1. The maximum Gasteiger partial charge on any atom is 0.251 e. The minimum absolute atomic E-state index is 0.216. The molecule has 3 N–H and O–H groups in total. The number of aliphatic imine (C=N–C) groups is 1. The molecule has 3 rings (SSSR count). The second kappa shape index (κ2) is 9.75. The van der Waals surface area contributed by atoms with Gasteiger partial charge in [-0.1, -0.05) is 18.7 Å². The number of hydrogen-bond donors (Lipinski definition) is 2. The lowest BCUT2D eigenvalue weighted by Gasteiger charge is -2.10. The number of nitrogens with two attached hydrogens (primary N) is 1. The first kappa shape index (κ1) is 21.8. The molecular formula is C24H24FN5O. The second-order valence-corrected chi connectivity index (χ2v) is 7.08. The molecule has 2 heterocycles. The lowest BCUT2D eigenvalue weighted by molar-refractivity contribution is 0.0957. The Bertz CT molecular complexity index is 1200. The number of carbonyl (C=O) groups is 1. The molecule has 31 heavy (non-hydrogen) atoms. The highest BCUT2D eigenvalue weighted by Gasteiger charge is 2.10. The zero-order valence-electron chi connectivity index (χ0n) is 17.5. The van der Waals surface area contributed by atoms with Crippen molar-refractivity contribution in [2.75, 3.05) is 6.54 Å². The van der Waals surface area contributed by atoms with Gasteiger partial charge in [0.25, 0.3) is 5.91 Å². The third-order valence-corrected chi connectivity index (χ3v) is 4.74. The lowest BCUT2D eigenvalue weighted by Crippen LogP contribution is -2.27. The van der Waals surface area contributed by atoms with E-state index in [9.17, 15) is 9.18 Å². The maximum absolute atomic E-state index is 13.5. The van der Waals surface area contributed by atoms with Crippen LogP contribution in [0.1, 0.15) is 35.5 Å². The Labute approximate surface area is 180 Å². The van der Waals surface area contributed by atoms with Crippen molar-refractivity contribution < 1.29 is 9.18 Å². The Balaban J connectivity index is 1.71. The van der Waals surface area contributed by atoms with Crippen LogP contribution in [0.2, 0.25) is 0 Å². The largest absolute Gasteiger partial charge is 0.384 e. The quantitative estimate of drug-likeness (QED) is 0.570. The fraction of sp³-hybridized carbons (Fsp3) is 0.167. The number of pyridine rings is 2. The van der Waals surface area contributed by atoms with Gasteiger partial charge in [0.15, 0.2) is 0 Å². The van der Waals surface area contributed by atoms with Crippen LogP contribution >= 0.6 is 0 Å². The Morgan fingerprint density at radius 2 is 2.06 bits per heavy atom. The van der Waals surface area contributed by atoms with Crippen molar-refractivity contribution in [2.24, 2.45) is 10.7 Å². The van der Waals surface area contributed by atoms with Crippen molar-refractivity contribution in [2.45, 2.75) is 20.3 Å². The van der Waals surface area contributed by atoms with E-state index >= 15 is 0 Å². The van der Waals surface area contributed by atoms with Crippen LogP contribution in [0.25, 0.3) is 10.9 Å². The van der Waals surface area contributed by atoms with Crippen LogP contribution in [-0.2, 0) is 6.42 Å². The smallest absolute Gasteiger partial charge is 0.251 e. The van der Waals surface area contributed by atoms with Gasteiger partial charge in [-0.2, -0.15) is 0 Å². The predicted octanol–water partition coefficient (Wildman–Crippen LogP) is 3.93. The molecule has 158 valence electrons. The average Bonchev–Trinajstić information content (AvgIpc) is 2.73. The summed E-state index contributed by atoms with van der Waals surface area (Å²) in [4.78, 5) is 25.2. The maximum atomic E-state index is 13.5. The molecule has 0 bridgehead atoms. The average molecular weight is 417 g/mol. The zero-order valence-corrected chi connectivity index (χ0v) is 17.5. The summed E-state index contributed by atoms with van der Waals surface area (Å²) in [6, 6.07) is 10.5. The Morgan fingerprint density at radius 3 is 2.81 bits per heavy atom. The fourth-order valence-corrected chi connectivity index (χ4v) is 3.19. The summed E-state index contributed by atoms with van der Waals surface area (Å²) in [7, 11) is 0. The molecule has 1 aromatic carbocycles. The Kier molecular flexibility index (Phi) is 6.87. The monoisotopic (exact) mass is 417 g/mol. The number of nitrogens with one attached hydrogen (secondary N) is 1. The molecule has 3 aromatic rings. The van der Waals surface area contributed by atoms with Crippen molar-refractivity contribution in [1.29, 1.82) is 0 Å². The van der Waals surface area contributed by atoms with Crippen LogP contribution in [0.3, 0.4) is 0 Å². The molecule has 0 saturated carbocycles. The van der Waals surface area contributed by atoms with Crippen molar-refractivity contribution in [3.8, 4) is 0 Å².